The molecule has 1 amide bonds. The van der Waals surface area contributed by atoms with Gasteiger partial charge >= 0.3 is 6.09 Å². The number of carboxylic acid groups (broad SMARTS) is 1. The summed E-state index contributed by atoms with van der Waals surface area (Å²) in [6, 6.07) is 0. The van der Waals surface area contributed by atoms with E-state index in [1.165, 1.54) is 13.8 Å². The second-order valence-electron chi connectivity index (χ2n) is 6.44. The summed E-state index contributed by atoms with van der Waals surface area (Å²) in [7, 11) is -3.99. The van der Waals surface area contributed by atoms with E-state index in [0.29, 0.717) is 17.9 Å². The number of sulfonamides is 1. The summed E-state index contributed by atoms with van der Waals surface area (Å²) in [5.41, 5.74) is -2.35. The Bertz CT molecular complexity index is 468. The maximum atomic E-state index is 12.3. The van der Waals surface area contributed by atoms with E-state index in [0.717, 1.165) is 0 Å². The predicted octanol–water partition coefficient (Wildman–Crippen LogP) is 0.903. The van der Waals surface area contributed by atoms with E-state index < -0.39 is 32.0 Å². The highest BCUT2D eigenvalue weighted by Gasteiger charge is 2.64. The maximum Gasteiger partial charge on any atom is 0.423 e. The van der Waals surface area contributed by atoms with Crippen molar-refractivity contribution in [2.24, 2.45) is 0 Å². The van der Waals surface area contributed by atoms with Crippen molar-refractivity contribution in [3.63, 3.8) is 0 Å². The number of aliphatic hydroxyl groups is 1. The fourth-order valence-corrected chi connectivity index (χ4v) is 4.06. The Morgan fingerprint density at radius 3 is 1.84 bits per heavy atom. The van der Waals surface area contributed by atoms with E-state index >= 15 is 0 Å². The zero-order chi connectivity index (χ0) is 15.3. The van der Waals surface area contributed by atoms with Crippen molar-refractivity contribution in [1.82, 2.24) is 9.84 Å². The molecule has 0 spiro atoms. The monoisotopic (exact) mass is 294 g/mol. The largest absolute Gasteiger partial charge is 0.464 e. The minimum absolute atomic E-state index is 0.309. The van der Waals surface area contributed by atoms with Gasteiger partial charge in [0.1, 0.15) is 4.75 Å². The molecule has 0 aromatic heterocycles. The molecule has 7 nitrogen and oxygen atoms in total. The van der Waals surface area contributed by atoms with Crippen LogP contribution in [0.15, 0.2) is 0 Å². The Hall–Kier alpha value is -0.860. The smallest absolute Gasteiger partial charge is 0.423 e. The van der Waals surface area contributed by atoms with E-state index in [-0.39, 0.29) is 0 Å². The lowest BCUT2D eigenvalue weighted by Crippen LogP contribution is -2.60. The third-order valence-electron chi connectivity index (χ3n) is 3.41. The molecule has 0 aromatic rings. The molecule has 0 atom stereocenters. The van der Waals surface area contributed by atoms with Crippen LogP contribution < -0.4 is 4.83 Å². The summed E-state index contributed by atoms with van der Waals surface area (Å²) in [4.78, 5) is 13.2. The van der Waals surface area contributed by atoms with Crippen LogP contribution >= 0.6 is 0 Å². The number of nitrogens with one attached hydrogen (secondary N) is 1. The summed E-state index contributed by atoms with van der Waals surface area (Å²) >= 11 is 0. The predicted molar refractivity (Wildman–Crippen MR) is 69.9 cm³/mol. The Morgan fingerprint density at radius 2 is 1.63 bits per heavy atom. The highest BCUT2D eigenvalue weighted by Crippen LogP contribution is 2.51. The molecule has 8 heteroatoms. The lowest BCUT2D eigenvalue weighted by Gasteiger charge is -2.36. The molecule has 0 saturated heterocycles. The van der Waals surface area contributed by atoms with Crippen LogP contribution in [0.25, 0.3) is 0 Å². The van der Waals surface area contributed by atoms with Crippen LogP contribution in [0.5, 0.6) is 0 Å². The standard InChI is InChI=1S/C11H22N2O5S/c1-9(2,3)13(8(14)15)12-19(17,18)11(6-7-11)10(4,5)16/h12,16H,6-7H2,1-5H3,(H,14,15). The third kappa shape index (κ3) is 2.85. The van der Waals surface area contributed by atoms with Crippen LogP contribution in [0.3, 0.4) is 0 Å². The second-order valence-corrected chi connectivity index (χ2v) is 8.41. The third-order valence-corrected chi connectivity index (χ3v) is 5.77. The highest BCUT2D eigenvalue weighted by atomic mass is 32.2. The molecular formula is C11H22N2O5S. The average Bonchev–Trinajstić information content (AvgIpc) is 2.90. The first-order valence-electron chi connectivity index (χ1n) is 6.02. The number of rotatable bonds is 4. The molecule has 112 valence electrons. The van der Waals surface area contributed by atoms with Crippen LogP contribution in [-0.4, -0.2) is 45.6 Å². The van der Waals surface area contributed by atoms with Gasteiger partial charge in [-0.15, -0.1) is 4.83 Å². The molecule has 1 aliphatic carbocycles. The van der Waals surface area contributed by atoms with Crippen molar-refractivity contribution in [2.45, 2.75) is 63.3 Å². The van der Waals surface area contributed by atoms with Crippen molar-refractivity contribution in [3.05, 3.63) is 0 Å². The van der Waals surface area contributed by atoms with Crippen LogP contribution in [0.4, 0.5) is 4.79 Å². The number of carbonyl (C=O) groups is 1. The molecule has 0 aromatic carbocycles. The number of nitrogens with zero attached hydrogens (tertiary/aromatic N) is 1. The summed E-state index contributed by atoms with van der Waals surface area (Å²) in [6.45, 7) is 7.57. The number of amides is 1. The van der Waals surface area contributed by atoms with E-state index in [1.807, 2.05) is 0 Å². The molecule has 19 heavy (non-hydrogen) atoms. The molecule has 1 saturated carbocycles. The Morgan fingerprint density at radius 1 is 1.21 bits per heavy atom. The first kappa shape index (κ1) is 16.2. The van der Waals surface area contributed by atoms with Crippen LogP contribution in [-0.2, 0) is 10.0 Å². The number of hydrazine groups is 1. The molecule has 1 rings (SSSR count). The van der Waals surface area contributed by atoms with Gasteiger partial charge in [0, 0.05) is 0 Å². The normalized spacial score (nSPS) is 19.1. The van der Waals surface area contributed by atoms with Gasteiger partial charge in [0.25, 0.3) is 0 Å². The molecule has 1 fully saturated rings. The number of hydrogen-bond acceptors (Lipinski definition) is 4. The highest BCUT2D eigenvalue weighted by molar-refractivity contribution is 7.91. The van der Waals surface area contributed by atoms with Gasteiger partial charge in [0.2, 0.25) is 10.0 Å². The Labute approximate surface area is 113 Å². The lowest BCUT2D eigenvalue weighted by atomic mass is 10.0. The molecular weight excluding hydrogens is 272 g/mol. The van der Waals surface area contributed by atoms with Gasteiger partial charge < -0.3 is 10.2 Å². The summed E-state index contributed by atoms with van der Waals surface area (Å²) < 4.78 is 23.4. The van der Waals surface area contributed by atoms with Gasteiger partial charge in [-0.2, -0.15) is 0 Å². The molecule has 0 heterocycles. The van der Waals surface area contributed by atoms with Crippen LogP contribution in [0.2, 0.25) is 0 Å². The minimum Gasteiger partial charge on any atom is -0.464 e. The maximum absolute atomic E-state index is 12.3. The van der Waals surface area contributed by atoms with E-state index in [1.54, 1.807) is 20.8 Å². The van der Waals surface area contributed by atoms with Gasteiger partial charge in [-0.3, -0.25) is 0 Å². The molecule has 1 aliphatic rings. The van der Waals surface area contributed by atoms with Crippen LogP contribution in [0.1, 0.15) is 47.5 Å². The van der Waals surface area contributed by atoms with Gasteiger partial charge in [-0.05, 0) is 47.5 Å². The molecule has 0 bridgehead atoms. The fourth-order valence-electron chi connectivity index (χ4n) is 1.99. The zero-order valence-corrected chi connectivity index (χ0v) is 12.7. The molecule has 0 aliphatic heterocycles. The molecule has 0 unspecified atom stereocenters. The zero-order valence-electron chi connectivity index (χ0n) is 11.9. The second kappa shape index (κ2) is 4.32. The van der Waals surface area contributed by atoms with E-state index in [2.05, 4.69) is 4.83 Å². The lowest BCUT2D eigenvalue weighted by molar-refractivity contribution is 0.0600. The van der Waals surface area contributed by atoms with Gasteiger partial charge in [-0.1, -0.05) is 0 Å². The van der Waals surface area contributed by atoms with E-state index in [9.17, 15) is 18.3 Å². The average molecular weight is 294 g/mol. The van der Waals surface area contributed by atoms with Crippen molar-refractivity contribution >= 4 is 16.1 Å². The summed E-state index contributed by atoms with van der Waals surface area (Å²) in [5, 5.41) is 19.8. The van der Waals surface area contributed by atoms with Gasteiger partial charge in [0.15, 0.2) is 0 Å². The first-order chi connectivity index (χ1) is 8.25. The fraction of sp³-hybridized carbons (Fsp3) is 0.909. The Kier molecular flexibility index (Phi) is 3.68. The van der Waals surface area contributed by atoms with Crippen molar-refractivity contribution in [2.75, 3.05) is 0 Å². The van der Waals surface area contributed by atoms with Crippen molar-refractivity contribution in [3.8, 4) is 0 Å². The van der Waals surface area contributed by atoms with Crippen LogP contribution in [0, 0.1) is 0 Å². The quantitative estimate of drug-likeness (QED) is 0.668. The van der Waals surface area contributed by atoms with Gasteiger partial charge in [-0.25, -0.2) is 18.2 Å². The Balaban J connectivity index is 3.08. The van der Waals surface area contributed by atoms with E-state index in [4.69, 9.17) is 5.11 Å². The molecule has 3 N–H and O–H groups in total. The summed E-state index contributed by atoms with van der Waals surface area (Å²) in [6.07, 6.45) is -0.769. The summed E-state index contributed by atoms with van der Waals surface area (Å²) in [5.74, 6) is 0. The minimum atomic E-state index is -3.99. The first-order valence-corrected chi connectivity index (χ1v) is 7.50. The van der Waals surface area contributed by atoms with Gasteiger partial charge in [0.05, 0.1) is 11.1 Å². The topological polar surface area (TPSA) is 107 Å². The molecule has 0 radical (unpaired) electrons. The van der Waals surface area contributed by atoms with Crippen molar-refractivity contribution < 1.29 is 23.4 Å². The number of hydrogen-bond donors (Lipinski definition) is 3. The van der Waals surface area contributed by atoms with Crippen molar-refractivity contribution in [1.29, 1.82) is 0 Å². The SMILES string of the molecule is CC(C)(C)N(NS(=O)(=O)C1(C(C)(C)O)CC1)C(=O)O.